The maximum atomic E-state index is 3.22. The van der Waals surface area contributed by atoms with Crippen LogP contribution >= 0.6 is 0 Å². The zero-order valence-corrected chi connectivity index (χ0v) is 12.7. The zero-order valence-electron chi connectivity index (χ0n) is 9.27. The van der Waals surface area contributed by atoms with Gasteiger partial charge in [-0.2, -0.15) is 0 Å². The molecule has 0 unspecified atom stereocenters. The topological polar surface area (TPSA) is 3.24 Å². The Kier molecular flexibility index (Phi) is 6.28. The summed E-state index contributed by atoms with van der Waals surface area (Å²) >= 11 is 3.77. The van der Waals surface area contributed by atoms with Crippen LogP contribution in [0.2, 0.25) is 0 Å². The van der Waals surface area contributed by atoms with Crippen LogP contribution in [0.4, 0.5) is 0 Å². The summed E-state index contributed by atoms with van der Waals surface area (Å²) in [5, 5.41) is 1.19. The van der Waals surface area contributed by atoms with Gasteiger partial charge in [0.15, 0.2) is 0 Å². The molecule has 3 heteroatoms. The van der Waals surface area contributed by atoms with E-state index in [0.29, 0.717) is 15.0 Å². The average Bonchev–Trinajstić information content (AvgIpc) is 2.29. The first-order chi connectivity index (χ1) is 7.27. The van der Waals surface area contributed by atoms with Crippen molar-refractivity contribution in [3.8, 4) is 0 Å². The number of hydrogen-bond donors (Lipinski definition) is 0. The molecule has 0 radical (unpaired) electrons. The summed E-state index contributed by atoms with van der Waals surface area (Å²) in [6, 6.07) is 10.7. The standard InChI is InChI=1S/C12H17NSe2/c1-3-13(4-2)12(14)15-10-11-8-6-5-7-9-11/h5-9H,3-4,10H2,1-2H3. The molecule has 0 heterocycles. The molecular formula is C12H17NSe2. The van der Waals surface area contributed by atoms with E-state index >= 15 is 0 Å². The maximum absolute atomic E-state index is 3.22. The van der Waals surface area contributed by atoms with E-state index in [-0.39, 0.29) is 0 Å². The van der Waals surface area contributed by atoms with Crippen molar-refractivity contribution in [1.82, 2.24) is 4.90 Å². The van der Waals surface area contributed by atoms with Gasteiger partial charge in [0.05, 0.1) is 0 Å². The SMILES string of the molecule is CCN(CC)C(=[Se])[Se]Cc1ccccc1. The molecule has 0 aliphatic heterocycles. The quantitative estimate of drug-likeness (QED) is 0.713. The van der Waals surface area contributed by atoms with Crippen LogP contribution in [0.5, 0.6) is 0 Å². The van der Waals surface area contributed by atoms with Gasteiger partial charge in [-0.1, -0.05) is 0 Å². The van der Waals surface area contributed by atoms with Gasteiger partial charge >= 0.3 is 107 Å². The normalized spacial score (nSPS) is 10.0. The van der Waals surface area contributed by atoms with E-state index in [0.717, 1.165) is 13.1 Å². The first-order valence-corrected chi connectivity index (χ1v) is 8.16. The minimum atomic E-state index is 0.549. The van der Waals surface area contributed by atoms with E-state index in [1.807, 2.05) is 0 Å². The molecular weight excluding hydrogens is 316 g/mol. The Morgan fingerprint density at radius 2 is 1.80 bits per heavy atom. The van der Waals surface area contributed by atoms with Crippen molar-refractivity contribution in [2.24, 2.45) is 0 Å². The first-order valence-electron chi connectivity index (χ1n) is 5.23. The average molecular weight is 333 g/mol. The molecule has 0 aromatic heterocycles. The van der Waals surface area contributed by atoms with Crippen molar-refractivity contribution >= 4 is 34.0 Å². The van der Waals surface area contributed by atoms with Crippen molar-refractivity contribution in [3.63, 3.8) is 0 Å². The molecule has 1 rings (SSSR count). The molecule has 15 heavy (non-hydrogen) atoms. The zero-order chi connectivity index (χ0) is 11.1. The fraction of sp³-hybridized carbons (Fsp3) is 0.417. The van der Waals surface area contributed by atoms with E-state index in [9.17, 15) is 0 Å². The molecule has 1 aromatic carbocycles. The molecule has 0 saturated heterocycles. The third-order valence-electron chi connectivity index (χ3n) is 2.23. The van der Waals surface area contributed by atoms with Gasteiger partial charge in [-0.05, 0) is 0 Å². The Labute approximate surface area is 107 Å². The van der Waals surface area contributed by atoms with E-state index in [1.165, 1.54) is 14.3 Å². The third kappa shape index (κ3) is 4.53. The summed E-state index contributed by atoms with van der Waals surface area (Å²) in [7, 11) is 0. The van der Waals surface area contributed by atoms with Crippen molar-refractivity contribution in [3.05, 3.63) is 35.9 Å². The van der Waals surface area contributed by atoms with Gasteiger partial charge in [-0.3, -0.25) is 0 Å². The second-order valence-corrected chi connectivity index (χ2v) is 7.36. The summed E-state index contributed by atoms with van der Waals surface area (Å²) < 4.78 is 1.44. The Morgan fingerprint density at radius 1 is 1.20 bits per heavy atom. The van der Waals surface area contributed by atoms with Gasteiger partial charge < -0.3 is 0 Å². The molecule has 0 aliphatic rings. The van der Waals surface area contributed by atoms with Crippen molar-refractivity contribution in [1.29, 1.82) is 0 Å². The van der Waals surface area contributed by atoms with E-state index in [1.54, 1.807) is 0 Å². The van der Waals surface area contributed by atoms with Gasteiger partial charge in [0.25, 0.3) is 0 Å². The van der Waals surface area contributed by atoms with Crippen LogP contribution in [0.1, 0.15) is 19.4 Å². The molecule has 0 spiro atoms. The van der Waals surface area contributed by atoms with E-state index in [2.05, 4.69) is 64.7 Å². The van der Waals surface area contributed by atoms with Gasteiger partial charge in [0.1, 0.15) is 0 Å². The Balaban J connectivity index is 2.40. The summed E-state index contributed by atoms with van der Waals surface area (Å²) in [5.41, 5.74) is 1.44. The van der Waals surface area contributed by atoms with E-state index in [4.69, 9.17) is 0 Å². The summed E-state index contributed by atoms with van der Waals surface area (Å²) in [6.45, 7) is 6.63. The summed E-state index contributed by atoms with van der Waals surface area (Å²) in [4.78, 5) is 2.41. The van der Waals surface area contributed by atoms with Crippen molar-refractivity contribution in [2.75, 3.05) is 13.1 Å². The van der Waals surface area contributed by atoms with Crippen LogP contribution in [-0.2, 0) is 5.32 Å². The second kappa shape index (κ2) is 7.24. The minimum absolute atomic E-state index is 0.549. The predicted molar refractivity (Wildman–Crippen MR) is 69.6 cm³/mol. The van der Waals surface area contributed by atoms with Gasteiger partial charge in [0, 0.05) is 0 Å². The van der Waals surface area contributed by atoms with Gasteiger partial charge in [0.2, 0.25) is 0 Å². The second-order valence-electron chi connectivity index (χ2n) is 3.21. The third-order valence-corrected chi connectivity index (χ3v) is 6.12. The van der Waals surface area contributed by atoms with E-state index < -0.39 is 0 Å². The molecule has 0 N–H and O–H groups in total. The Bertz CT molecular complexity index is 294. The van der Waals surface area contributed by atoms with Crippen LogP contribution in [0, 0.1) is 0 Å². The molecule has 0 saturated carbocycles. The fourth-order valence-corrected chi connectivity index (χ4v) is 4.41. The summed E-state index contributed by atoms with van der Waals surface area (Å²) in [5.74, 6) is 0. The molecule has 1 aromatic rings. The monoisotopic (exact) mass is 335 g/mol. The number of rotatable bonds is 6. The molecule has 0 bridgehead atoms. The molecule has 0 amide bonds. The van der Waals surface area contributed by atoms with Gasteiger partial charge in [-0.25, -0.2) is 0 Å². The molecule has 0 fully saturated rings. The van der Waals surface area contributed by atoms with Crippen LogP contribution in [-0.4, -0.2) is 52.0 Å². The molecule has 0 atom stereocenters. The fourth-order valence-electron chi connectivity index (χ4n) is 1.29. The Hall–Kier alpha value is -0.0710. The molecule has 82 valence electrons. The Morgan fingerprint density at radius 3 is 2.33 bits per heavy atom. The number of benzene rings is 1. The van der Waals surface area contributed by atoms with Crippen LogP contribution in [0.3, 0.4) is 0 Å². The molecule has 0 aliphatic carbocycles. The van der Waals surface area contributed by atoms with Crippen LogP contribution in [0.25, 0.3) is 0 Å². The van der Waals surface area contributed by atoms with Crippen molar-refractivity contribution < 1.29 is 0 Å². The number of hydrogen-bond acceptors (Lipinski definition) is 1. The van der Waals surface area contributed by atoms with Gasteiger partial charge in [-0.15, -0.1) is 0 Å². The molecule has 1 nitrogen and oxygen atoms in total. The van der Waals surface area contributed by atoms with Crippen LogP contribution < -0.4 is 0 Å². The summed E-state index contributed by atoms with van der Waals surface area (Å²) in [6.07, 6.45) is 0. The van der Waals surface area contributed by atoms with Crippen LogP contribution in [0.15, 0.2) is 30.3 Å². The predicted octanol–water partition coefficient (Wildman–Crippen LogP) is 1.49. The number of nitrogens with zero attached hydrogens (tertiary/aromatic N) is 1. The van der Waals surface area contributed by atoms with Crippen molar-refractivity contribution in [2.45, 2.75) is 19.2 Å². The first kappa shape index (κ1) is 13.0.